The van der Waals surface area contributed by atoms with Gasteiger partial charge in [-0.25, -0.2) is 0 Å². The normalized spacial score (nSPS) is 14.3. The summed E-state index contributed by atoms with van der Waals surface area (Å²) in [4.78, 5) is 37.8. The first-order valence-corrected chi connectivity index (χ1v) is 8.41. The van der Waals surface area contributed by atoms with E-state index in [9.17, 15) is 14.4 Å². The Hall–Kier alpha value is -2.99. The molecular formula is C20H20N2O4. The number of amides is 3. The van der Waals surface area contributed by atoms with Crippen LogP contribution in [0.2, 0.25) is 0 Å². The molecule has 0 bridgehead atoms. The largest absolute Gasteiger partial charge is 0.375 e. The number of benzene rings is 2. The van der Waals surface area contributed by atoms with Crippen LogP contribution in [0.3, 0.4) is 0 Å². The van der Waals surface area contributed by atoms with E-state index >= 15 is 0 Å². The third kappa shape index (κ3) is 3.65. The van der Waals surface area contributed by atoms with Crippen LogP contribution in [0.4, 0.5) is 0 Å². The molecule has 6 heteroatoms. The monoisotopic (exact) mass is 352 g/mol. The lowest BCUT2D eigenvalue weighted by atomic mass is 10.1. The first-order chi connectivity index (χ1) is 12.6. The average Bonchev–Trinajstić information content (AvgIpc) is 2.92. The summed E-state index contributed by atoms with van der Waals surface area (Å²) in [6, 6.07) is 16.3. The molecule has 1 N–H and O–H groups in total. The third-order valence-corrected chi connectivity index (χ3v) is 4.38. The van der Waals surface area contributed by atoms with Gasteiger partial charge in [-0.05, 0) is 17.7 Å². The van der Waals surface area contributed by atoms with E-state index in [1.165, 1.54) is 0 Å². The molecule has 0 saturated heterocycles. The number of carbonyl (C=O) groups excluding carboxylic acids is 3. The molecule has 0 saturated carbocycles. The number of imide groups is 1. The van der Waals surface area contributed by atoms with Crippen molar-refractivity contribution in [2.75, 3.05) is 20.2 Å². The summed E-state index contributed by atoms with van der Waals surface area (Å²) in [5.41, 5.74) is 1.75. The number of fused-ring (bicyclic) bond motifs is 1. The molecule has 1 unspecified atom stereocenters. The summed E-state index contributed by atoms with van der Waals surface area (Å²) in [7, 11) is 1.59. The first-order valence-electron chi connectivity index (χ1n) is 8.41. The Balaban J connectivity index is 1.52. The van der Waals surface area contributed by atoms with Crippen molar-refractivity contribution in [1.82, 2.24) is 10.2 Å². The zero-order valence-corrected chi connectivity index (χ0v) is 14.5. The minimum atomic E-state index is -0.350. The Kier molecular flexibility index (Phi) is 5.43. The number of ether oxygens (including phenoxy) is 1. The minimum absolute atomic E-state index is 0.0523. The number of hydrogen-bond acceptors (Lipinski definition) is 4. The van der Waals surface area contributed by atoms with Crippen molar-refractivity contribution in [3.05, 3.63) is 71.3 Å². The molecule has 134 valence electrons. The van der Waals surface area contributed by atoms with E-state index in [-0.39, 0.29) is 36.8 Å². The SMILES string of the molecule is COC(CNC(=O)CCN1C(=O)c2ccccc2C1=O)c1ccccc1. The van der Waals surface area contributed by atoms with Crippen LogP contribution in [0.25, 0.3) is 0 Å². The van der Waals surface area contributed by atoms with Gasteiger partial charge in [-0.3, -0.25) is 19.3 Å². The summed E-state index contributed by atoms with van der Waals surface area (Å²) in [5.74, 6) is -0.936. The van der Waals surface area contributed by atoms with Crippen molar-refractivity contribution in [3.63, 3.8) is 0 Å². The predicted molar refractivity (Wildman–Crippen MR) is 95.6 cm³/mol. The zero-order chi connectivity index (χ0) is 18.5. The molecule has 2 aromatic rings. The van der Waals surface area contributed by atoms with Crippen molar-refractivity contribution in [2.24, 2.45) is 0 Å². The van der Waals surface area contributed by atoms with Gasteiger partial charge in [0.05, 0.1) is 17.2 Å². The van der Waals surface area contributed by atoms with E-state index in [2.05, 4.69) is 5.32 Å². The minimum Gasteiger partial charge on any atom is -0.375 e. The number of rotatable bonds is 7. The molecule has 1 atom stereocenters. The van der Waals surface area contributed by atoms with Crippen LogP contribution < -0.4 is 5.32 Å². The molecule has 1 aliphatic heterocycles. The second-order valence-corrected chi connectivity index (χ2v) is 6.00. The molecule has 3 amide bonds. The quantitative estimate of drug-likeness (QED) is 0.775. The molecule has 6 nitrogen and oxygen atoms in total. The number of methoxy groups -OCH3 is 1. The van der Waals surface area contributed by atoms with Crippen molar-refractivity contribution in [1.29, 1.82) is 0 Å². The van der Waals surface area contributed by atoms with Gasteiger partial charge in [0.2, 0.25) is 5.91 Å². The van der Waals surface area contributed by atoms with Crippen LogP contribution in [0.5, 0.6) is 0 Å². The van der Waals surface area contributed by atoms with Gasteiger partial charge in [-0.2, -0.15) is 0 Å². The fourth-order valence-electron chi connectivity index (χ4n) is 2.96. The highest BCUT2D eigenvalue weighted by Crippen LogP contribution is 2.22. The van der Waals surface area contributed by atoms with E-state index < -0.39 is 0 Å². The van der Waals surface area contributed by atoms with E-state index in [0.29, 0.717) is 17.7 Å². The lowest BCUT2D eigenvalue weighted by Crippen LogP contribution is -2.35. The molecule has 0 fully saturated rings. The van der Waals surface area contributed by atoms with Gasteiger partial charge in [0, 0.05) is 26.6 Å². The summed E-state index contributed by atoms with van der Waals surface area (Å²) in [6.45, 7) is 0.378. The van der Waals surface area contributed by atoms with Gasteiger partial charge < -0.3 is 10.1 Å². The highest BCUT2D eigenvalue weighted by molar-refractivity contribution is 6.21. The first kappa shape index (κ1) is 17.8. The summed E-state index contributed by atoms with van der Waals surface area (Å²) >= 11 is 0. The second-order valence-electron chi connectivity index (χ2n) is 6.00. The topological polar surface area (TPSA) is 75.7 Å². The maximum atomic E-state index is 12.3. The fraction of sp³-hybridized carbons (Fsp3) is 0.250. The molecule has 2 aromatic carbocycles. The number of carbonyl (C=O) groups is 3. The van der Waals surface area contributed by atoms with Crippen LogP contribution in [0, 0.1) is 0 Å². The standard InChI is InChI=1S/C20H20N2O4/c1-26-17(14-7-3-2-4-8-14)13-21-18(23)11-12-22-19(24)15-9-5-6-10-16(15)20(22)25/h2-10,17H,11-13H2,1H3,(H,21,23). The highest BCUT2D eigenvalue weighted by atomic mass is 16.5. The highest BCUT2D eigenvalue weighted by Gasteiger charge is 2.34. The van der Waals surface area contributed by atoms with E-state index in [4.69, 9.17) is 4.74 Å². The average molecular weight is 352 g/mol. The van der Waals surface area contributed by atoms with Crippen LogP contribution in [0.15, 0.2) is 54.6 Å². The Morgan fingerprint density at radius 3 is 2.15 bits per heavy atom. The van der Waals surface area contributed by atoms with Crippen molar-refractivity contribution < 1.29 is 19.1 Å². The maximum Gasteiger partial charge on any atom is 0.261 e. The molecule has 3 rings (SSSR count). The van der Waals surface area contributed by atoms with E-state index in [1.54, 1.807) is 31.4 Å². The molecule has 1 heterocycles. The van der Waals surface area contributed by atoms with Gasteiger partial charge >= 0.3 is 0 Å². The van der Waals surface area contributed by atoms with Gasteiger partial charge in [-0.1, -0.05) is 42.5 Å². The van der Waals surface area contributed by atoms with Crippen molar-refractivity contribution in [2.45, 2.75) is 12.5 Å². The molecule has 0 aromatic heterocycles. The fourth-order valence-corrected chi connectivity index (χ4v) is 2.96. The molecule has 0 aliphatic carbocycles. The smallest absolute Gasteiger partial charge is 0.261 e. The number of hydrogen-bond donors (Lipinski definition) is 1. The molecule has 26 heavy (non-hydrogen) atoms. The van der Waals surface area contributed by atoms with Crippen LogP contribution in [-0.4, -0.2) is 42.8 Å². The maximum absolute atomic E-state index is 12.3. The molecule has 0 radical (unpaired) electrons. The Bertz CT molecular complexity index is 785. The summed E-state index contributed by atoms with van der Waals surface area (Å²) in [5, 5.41) is 2.79. The van der Waals surface area contributed by atoms with Crippen LogP contribution >= 0.6 is 0 Å². The Morgan fingerprint density at radius 2 is 1.58 bits per heavy atom. The van der Waals surface area contributed by atoms with Crippen molar-refractivity contribution >= 4 is 17.7 Å². The Morgan fingerprint density at radius 1 is 1.00 bits per heavy atom. The van der Waals surface area contributed by atoms with Crippen LogP contribution in [0.1, 0.15) is 38.8 Å². The third-order valence-electron chi connectivity index (χ3n) is 4.38. The van der Waals surface area contributed by atoms with Crippen LogP contribution in [-0.2, 0) is 9.53 Å². The molecule has 1 aliphatic rings. The van der Waals surface area contributed by atoms with E-state index in [1.807, 2.05) is 30.3 Å². The second kappa shape index (κ2) is 7.93. The van der Waals surface area contributed by atoms with Crippen molar-refractivity contribution in [3.8, 4) is 0 Å². The molecule has 0 spiro atoms. The van der Waals surface area contributed by atoms with Gasteiger partial charge in [0.15, 0.2) is 0 Å². The lowest BCUT2D eigenvalue weighted by molar-refractivity contribution is -0.121. The Labute approximate surface area is 151 Å². The lowest BCUT2D eigenvalue weighted by Gasteiger charge is -2.17. The van der Waals surface area contributed by atoms with Gasteiger partial charge in [-0.15, -0.1) is 0 Å². The van der Waals surface area contributed by atoms with Gasteiger partial charge in [0.1, 0.15) is 0 Å². The van der Waals surface area contributed by atoms with E-state index in [0.717, 1.165) is 10.5 Å². The predicted octanol–water partition coefficient (Wildman–Crippen LogP) is 2.18. The summed E-state index contributed by atoms with van der Waals surface area (Å²) < 4.78 is 5.41. The summed E-state index contributed by atoms with van der Waals surface area (Å²) in [6.07, 6.45) is -0.198. The number of nitrogens with zero attached hydrogens (tertiary/aromatic N) is 1. The molecular weight excluding hydrogens is 332 g/mol. The zero-order valence-electron chi connectivity index (χ0n) is 14.5. The van der Waals surface area contributed by atoms with Gasteiger partial charge in [0.25, 0.3) is 11.8 Å². The number of nitrogens with one attached hydrogen (secondary N) is 1.